The molecular weight excluding hydrogens is 368 g/mol. The summed E-state index contributed by atoms with van der Waals surface area (Å²) in [6, 6.07) is 9.00. The lowest BCUT2D eigenvalue weighted by Crippen LogP contribution is -2.49. The van der Waals surface area contributed by atoms with Crippen molar-refractivity contribution in [2.75, 3.05) is 47.9 Å². The van der Waals surface area contributed by atoms with Gasteiger partial charge in [0.25, 0.3) is 5.91 Å². The molecule has 2 aromatic rings. The van der Waals surface area contributed by atoms with Crippen molar-refractivity contribution in [2.24, 2.45) is 0 Å². The maximum absolute atomic E-state index is 12.5. The molecule has 1 fully saturated rings. The van der Waals surface area contributed by atoms with Crippen LogP contribution >= 0.6 is 0 Å². The molecule has 1 aromatic heterocycles. The molecule has 0 aliphatic carbocycles. The summed E-state index contributed by atoms with van der Waals surface area (Å²) in [5.74, 6) is 0.175. The van der Waals surface area contributed by atoms with Gasteiger partial charge in [-0.15, -0.1) is 0 Å². The summed E-state index contributed by atoms with van der Waals surface area (Å²) in [6.07, 6.45) is 1.50. The molecule has 3 rings (SSSR count). The number of nitrogens with one attached hydrogen (secondary N) is 1. The summed E-state index contributed by atoms with van der Waals surface area (Å²) in [5, 5.41) is 2.74. The predicted octanol–water partition coefficient (Wildman–Crippen LogP) is 0.783. The van der Waals surface area contributed by atoms with Crippen LogP contribution in [0.3, 0.4) is 0 Å². The molecule has 1 saturated heterocycles. The number of hydrogen-bond donors (Lipinski definition) is 2. The van der Waals surface area contributed by atoms with E-state index in [9.17, 15) is 13.2 Å². The van der Waals surface area contributed by atoms with Gasteiger partial charge < -0.3 is 16.0 Å². The molecule has 0 saturated carbocycles. The lowest BCUT2D eigenvalue weighted by atomic mass is 10.3. The minimum Gasteiger partial charge on any atom is -0.382 e. The number of sulfonamides is 1. The van der Waals surface area contributed by atoms with Gasteiger partial charge in [-0.25, -0.2) is 18.4 Å². The minimum atomic E-state index is -3.20. The first-order chi connectivity index (χ1) is 12.9. The summed E-state index contributed by atoms with van der Waals surface area (Å²) in [5.41, 5.74) is 6.50. The third-order valence-corrected chi connectivity index (χ3v) is 6.24. The van der Waals surface area contributed by atoms with Crippen molar-refractivity contribution in [1.82, 2.24) is 14.3 Å². The number of amides is 1. The van der Waals surface area contributed by atoms with Gasteiger partial charge in [0.05, 0.1) is 11.9 Å². The highest BCUT2D eigenvalue weighted by Crippen LogP contribution is 2.18. The Morgan fingerprint density at radius 2 is 1.85 bits per heavy atom. The first kappa shape index (κ1) is 19.1. The summed E-state index contributed by atoms with van der Waals surface area (Å²) in [4.78, 5) is 22.8. The van der Waals surface area contributed by atoms with E-state index >= 15 is 0 Å². The highest BCUT2D eigenvalue weighted by atomic mass is 32.2. The summed E-state index contributed by atoms with van der Waals surface area (Å²) >= 11 is 0. The quantitative estimate of drug-likeness (QED) is 0.774. The SMILES string of the molecule is CCS(=O)(=O)N1CCN(c2cnc(N)c(C(=O)Nc3ccccc3)n2)CC1. The van der Waals surface area contributed by atoms with Crippen LogP contribution < -0.4 is 16.0 Å². The zero-order chi connectivity index (χ0) is 19.4. The van der Waals surface area contributed by atoms with E-state index < -0.39 is 15.9 Å². The van der Waals surface area contributed by atoms with Gasteiger partial charge in [0.1, 0.15) is 5.82 Å². The third kappa shape index (κ3) is 4.34. The van der Waals surface area contributed by atoms with Crippen molar-refractivity contribution >= 4 is 33.3 Å². The molecule has 0 unspecified atom stereocenters. The van der Waals surface area contributed by atoms with Crippen molar-refractivity contribution in [1.29, 1.82) is 0 Å². The van der Waals surface area contributed by atoms with Gasteiger partial charge in [-0.05, 0) is 19.1 Å². The fourth-order valence-corrected chi connectivity index (χ4v) is 3.88. The van der Waals surface area contributed by atoms with Gasteiger partial charge in [0.2, 0.25) is 10.0 Å². The Morgan fingerprint density at radius 3 is 2.48 bits per heavy atom. The Kier molecular flexibility index (Phi) is 5.57. The maximum Gasteiger partial charge on any atom is 0.278 e. The van der Waals surface area contributed by atoms with Gasteiger partial charge in [0, 0.05) is 31.9 Å². The zero-order valence-electron chi connectivity index (χ0n) is 15.0. The second-order valence-electron chi connectivity index (χ2n) is 6.07. The number of benzene rings is 1. The van der Waals surface area contributed by atoms with E-state index in [0.717, 1.165) is 0 Å². The molecule has 1 aromatic carbocycles. The number of piperazine rings is 1. The Labute approximate surface area is 158 Å². The van der Waals surface area contributed by atoms with Crippen LogP contribution in [-0.2, 0) is 10.0 Å². The molecule has 0 spiro atoms. The number of anilines is 3. The molecule has 9 nitrogen and oxygen atoms in total. The number of hydrogen-bond acceptors (Lipinski definition) is 7. The smallest absolute Gasteiger partial charge is 0.278 e. The van der Waals surface area contributed by atoms with E-state index in [4.69, 9.17) is 5.73 Å². The number of rotatable bonds is 5. The average molecular weight is 390 g/mol. The van der Waals surface area contributed by atoms with Gasteiger partial charge >= 0.3 is 0 Å². The van der Waals surface area contributed by atoms with Crippen molar-refractivity contribution in [3.8, 4) is 0 Å². The Hall–Kier alpha value is -2.72. The minimum absolute atomic E-state index is 0.0411. The molecule has 0 radical (unpaired) electrons. The molecule has 10 heteroatoms. The second kappa shape index (κ2) is 7.89. The van der Waals surface area contributed by atoms with Crippen molar-refractivity contribution in [3.63, 3.8) is 0 Å². The van der Waals surface area contributed by atoms with Crippen LogP contribution in [0.1, 0.15) is 17.4 Å². The largest absolute Gasteiger partial charge is 0.382 e. The van der Waals surface area contributed by atoms with Gasteiger partial charge in [-0.1, -0.05) is 18.2 Å². The Balaban J connectivity index is 1.73. The molecule has 27 heavy (non-hydrogen) atoms. The molecule has 0 atom stereocenters. The normalized spacial score (nSPS) is 15.5. The number of nitrogens with two attached hydrogens (primary N) is 1. The number of carbonyl (C=O) groups is 1. The number of nitrogen functional groups attached to an aromatic ring is 1. The highest BCUT2D eigenvalue weighted by molar-refractivity contribution is 7.89. The van der Waals surface area contributed by atoms with Crippen LogP contribution in [-0.4, -0.2) is 60.5 Å². The molecule has 144 valence electrons. The molecule has 3 N–H and O–H groups in total. The van der Waals surface area contributed by atoms with Gasteiger partial charge in [-0.2, -0.15) is 4.31 Å². The van der Waals surface area contributed by atoms with Crippen LogP contribution in [0.4, 0.5) is 17.3 Å². The Morgan fingerprint density at radius 1 is 1.19 bits per heavy atom. The van der Waals surface area contributed by atoms with Crippen molar-refractivity contribution in [3.05, 3.63) is 42.2 Å². The number of nitrogens with zero attached hydrogens (tertiary/aromatic N) is 4. The lowest BCUT2D eigenvalue weighted by molar-refractivity contribution is 0.102. The van der Waals surface area contributed by atoms with E-state index in [0.29, 0.717) is 37.7 Å². The standard InChI is InChI=1S/C17H22N6O3S/c1-2-27(25,26)23-10-8-22(9-11-23)14-12-19-16(18)15(21-14)17(24)20-13-6-4-3-5-7-13/h3-7,12H,2,8-11H2,1H3,(H2,18,19)(H,20,24). The first-order valence-corrected chi connectivity index (χ1v) is 10.2. The molecular formula is C17H22N6O3S. The predicted molar refractivity (Wildman–Crippen MR) is 104 cm³/mol. The average Bonchev–Trinajstić information content (AvgIpc) is 2.69. The number of carbonyl (C=O) groups excluding carboxylic acids is 1. The zero-order valence-corrected chi connectivity index (χ0v) is 15.8. The van der Waals surface area contributed by atoms with Crippen LogP contribution in [0.2, 0.25) is 0 Å². The van der Waals surface area contributed by atoms with Crippen LogP contribution in [0, 0.1) is 0 Å². The molecule has 1 amide bonds. The molecule has 2 heterocycles. The second-order valence-corrected chi connectivity index (χ2v) is 8.33. The van der Waals surface area contributed by atoms with Crippen LogP contribution in [0.15, 0.2) is 36.5 Å². The first-order valence-electron chi connectivity index (χ1n) is 8.62. The number of aromatic nitrogens is 2. The monoisotopic (exact) mass is 390 g/mol. The molecule has 1 aliphatic heterocycles. The molecule has 0 bridgehead atoms. The van der Waals surface area contributed by atoms with Gasteiger partial charge in [-0.3, -0.25) is 4.79 Å². The topological polar surface area (TPSA) is 122 Å². The van der Waals surface area contributed by atoms with Gasteiger partial charge in [0.15, 0.2) is 11.5 Å². The summed E-state index contributed by atoms with van der Waals surface area (Å²) in [6.45, 7) is 3.31. The van der Waals surface area contributed by atoms with Crippen molar-refractivity contribution in [2.45, 2.75) is 6.92 Å². The van der Waals surface area contributed by atoms with Crippen LogP contribution in [0.5, 0.6) is 0 Å². The number of para-hydroxylation sites is 1. The Bertz CT molecular complexity index is 912. The van der Waals surface area contributed by atoms with E-state index in [1.807, 2.05) is 23.1 Å². The lowest BCUT2D eigenvalue weighted by Gasteiger charge is -2.34. The van der Waals surface area contributed by atoms with Crippen LogP contribution in [0.25, 0.3) is 0 Å². The fourth-order valence-electron chi connectivity index (χ4n) is 2.80. The fraction of sp³-hybridized carbons (Fsp3) is 0.353. The van der Waals surface area contributed by atoms with E-state index in [1.165, 1.54) is 10.5 Å². The summed E-state index contributed by atoms with van der Waals surface area (Å²) < 4.78 is 25.4. The third-order valence-electron chi connectivity index (χ3n) is 4.36. The van der Waals surface area contributed by atoms with E-state index in [-0.39, 0.29) is 17.3 Å². The summed E-state index contributed by atoms with van der Waals surface area (Å²) in [7, 11) is -3.20. The van der Waals surface area contributed by atoms with Crippen molar-refractivity contribution < 1.29 is 13.2 Å². The highest BCUT2D eigenvalue weighted by Gasteiger charge is 2.27. The van der Waals surface area contributed by atoms with E-state index in [2.05, 4.69) is 15.3 Å². The maximum atomic E-state index is 12.5. The van der Waals surface area contributed by atoms with E-state index in [1.54, 1.807) is 19.1 Å². The molecule has 1 aliphatic rings.